The van der Waals surface area contributed by atoms with Crippen molar-refractivity contribution in [1.82, 2.24) is 13.8 Å². The Kier molecular flexibility index (Phi) is 5.81. The third-order valence-corrected chi connectivity index (χ3v) is 8.08. The maximum absolute atomic E-state index is 12.9. The lowest BCUT2D eigenvalue weighted by atomic mass is 10.3. The van der Waals surface area contributed by atoms with E-state index in [-0.39, 0.29) is 36.9 Å². The predicted molar refractivity (Wildman–Crippen MR) is 115 cm³/mol. The number of sulfonamides is 1. The molecule has 0 spiro atoms. The molecule has 158 valence electrons. The molecule has 2 heterocycles. The van der Waals surface area contributed by atoms with Crippen LogP contribution in [0.1, 0.15) is 6.42 Å². The van der Waals surface area contributed by atoms with Crippen LogP contribution in [-0.2, 0) is 21.4 Å². The van der Waals surface area contributed by atoms with Crippen molar-refractivity contribution in [2.24, 2.45) is 0 Å². The molecule has 0 unspecified atom stereocenters. The second-order valence-corrected chi connectivity index (χ2v) is 9.71. The molecule has 0 bridgehead atoms. The molecular weight excluding hydrogens is 474 g/mol. The van der Waals surface area contributed by atoms with E-state index >= 15 is 0 Å². The minimum absolute atomic E-state index is 0.120. The van der Waals surface area contributed by atoms with Crippen LogP contribution in [0.4, 0.5) is 0 Å². The molecule has 0 atom stereocenters. The van der Waals surface area contributed by atoms with Gasteiger partial charge in [-0.2, -0.15) is 4.31 Å². The Bertz CT molecular complexity index is 1240. The van der Waals surface area contributed by atoms with Gasteiger partial charge in [-0.05, 0) is 40.2 Å². The lowest BCUT2D eigenvalue weighted by Crippen LogP contribution is -2.50. The van der Waals surface area contributed by atoms with Crippen LogP contribution in [0.3, 0.4) is 0 Å². The van der Waals surface area contributed by atoms with E-state index in [1.54, 1.807) is 53.4 Å². The number of aryl methyl sites for hydroxylation is 1. The molecule has 1 amide bonds. The Labute approximate surface area is 181 Å². The Morgan fingerprint density at radius 3 is 2.40 bits per heavy atom. The minimum atomic E-state index is -3.63. The minimum Gasteiger partial charge on any atom is -0.408 e. The zero-order chi connectivity index (χ0) is 21.3. The van der Waals surface area contributed by atoms with Crippen molar-refractivity contribution in [3.63, 3.8) is 0 Å². The predicted octanol–water partition coefficient (Wildman–Crippen LogP) is 2.28. The van der Waals surface area contributed by atoms with Crippen LogP contribution in [0.15, 0.2) is 67.1 Å². The fourth-order valence-electron chi connectivity index (χ4n) is 3.56. The first kappa shape index (κ1) is 20.8. The second kappa shape index (κ2) is 8.37. The van der Waals surface area contributed by atoms with Crippen molar-refractivity contribution in [3.05, 3.63) is 63.6 Å². The van der Waals surface area contributed by atoms with Crippen LogP contribution in [0, 0.1) is 0 Å². The van der Waals surface area contributed by atoms with Crippen LogP contribution >= 0.6 is 15.9 Å². The summed E-state index contributed by atoms with van der Waals surface area (Å²) in [6.45, 7) is 1.28. The molecule has 1 aromatic heterocycles. The normalized spacial score (nSPS) is 15.6. The van der Waals surface area contributed by atoms with Gasteiger partial charge in [0.15, 0.2) is 5.58 Å². The van der Waals surface area contributed by atoms with E-state index in [9.17, 15) is 18.0 Å². The van der Waals surface area contributed by atoms with Gasteiger partial charge in [-0.1, -0.05) is 24.3 Å². The van der Waals surface area contributed by atoms with Gasteiger partial charge in [0.1, 0.15) is 0 Å². The SMILES string of the molecule is O=C(CCn1c(=O)oc2ccccc21)N1CCN(S(=O)(=O)c2ccccc2Br)CC1. The van der Waals surface area contributed by atoms with E-state index in [1.165, 1.54) is 8.87 Å². The number of benzene rings is 2. The van der Waals surface area contributed by atoms with Crippen LogP contribution in [0.2, 0.25) is 0 Å². The number of carbonyl (C=O) groups is 1. The molecule has 0 radical (unpaired) electrons. The lowest BCUT2D eigenvalue weighted by Gasteiger charge is -2.34. The first-order chi connectivity index (χ1) is 14.4. The molecule has 1 aliphatic rings. The standard InChI is InChI=1S/C20H20BrN3O5S/c21-15-5-1-4-8-18(15)30(27,28)23-13-11-22(12-14-23)19(25)9-10-24-16-6-2-3-7-17(16)29-20(24)26/h1-8H,9-14H2. The van der Waals surface area contributed by atoms with Crippen molar-refractivity contribution in [2.45, 2.75) is 17.9 Å². The quantitative estimate of drug-likeness (QED) is 0.543. The largest absolute Gasteiger partial charge is 0.419 e. The van der Waals surface area contributed by atoms with E-state index in [0.717, 1.165) is 0 Å². The molecule has 1 saturated heterocycles. The number of rotatable bonds is 5. The van der Waals surface area contributed by atoms with E-state index < -0.39 is 15.8 Å². The number of hydrogen-bond donors (Lipinski definition) is 0. The van der Waals surface area contributed by atoms with Crippen LogP contribution < -0.4 is 5.76 Å². The number of oxazole rings is 1. The van der Waals surface area contributed by atoms with E-state index in [0.29, 0.717) is 28.7 Å². The average molecular weight is 494 g/mol. The van der Waals surface area contributed by atoms with Gasteiger partial charge in [-0.25, -0.2) is 13.2 Å². The van der Waals surface area contributed by atoms with Crippen molar-refractivity contribution in [3.8, 4) is 0 Å². The third-order valence-electron chi connectivity index (χ3n) is 5.17. The third kappa shape index (κ3) is 3.94. The van der Waals surface area contributed by atoms with Crippen LogP contribution in [0.5, 0.6) is 0 Å². The van der Waals surface area contributed by atoms with E-state index in [4.69, 9.17) is 4.42 Å². The summed E-state index contributed by atoms with van der Waals surface area (Å²) in [5.74, 6) is -0.613. The lowest BCUT2D eigenvalue weighted by molar-refractivity contribution is -0.132. The van der Waals surface area contributed by atoms with Gasteiger partial charge in [0.25, 0.3) is 0 Å². The van der Waals surface area contributed by atoms with Crippen LogP contribution in [0.25, 0.3) is 11.1 Å². The number of amides is 1. The molecule has 0 aliphatic carbocycles. The van der Waals surface area contributed by atoms with Crippen molar-refractivity contribution in [2.75, 3.05) is 26.2 Å². The maximum atomic E-state index is 12.9. The maximum Gasteiger partial charge on any atom is 0.419 e. The van der Waals surface area contributed by atoms with Crippen molar-refractivity contribution < 1.29 is 17.6 Å². The van der Waals surface area contributed by atoms with E-state index in [2.05, 4.69) is 15.9 Å². The molecule has 1 aliphatic heterocycles. The summed E-state index contributed by atoms with van der Waals surface area (Å²) in [7, 11) is -3.63. The summed E-state index contributed by atoms with van der Waals surface area (Å²) in [5, 5.41) is 0. The number of piperazine rings is 1. The highest BCUT2D eigenvalue weighted by atomic mass is 79.9. The molecule has 3 aromatic rings. The van der Waals surface area contributed by atoms with Gasteiger partial charge in [0, 0.05) is 43.6 Å². The average Bonchev–Trinajstić information content (AvgIpc) is 3.07. The second-order valence-electron chi connectivity index (χ2n) is 6.95. The molecule has 10 heteroatoms. The summed E-state index contributed by atoms with van der Waals surface area (Å²) in [6, 6.07) is 13.8. The molecule has 1 fully saturated rings. The zero-order valence-corrected chi connectivity index (χ0v) is 18.4. The first-order valence-corrected chi connectivity index (χ1v) is 11.7. The van der Waals surface area contributed by atoms with Gasteiger partial charge >= 0.3 is 5.76 Å². The molecule has 0 N–H and O–H groups in total. The molecule has 8 nitrogen and oxygen atoms in total. The van der Waals surface area contributed by atoms with Crippen molar-refractivity contribution >= 4 is 43.0 Å². The summed E-state index contributed by atoms with van der Waals surface area (Å²) in [4.78, 5) is 26.5. The number of aromatic nitrogens is 1. The number of halogens is 1. The highest BCUT2D eigenvalue weighted by molar-refractivity contribution is 9.10. The van der Waals surface area contributed by atoms with Gasteiger partial charge in [-0.15, -0.1) is 0 Å². The molecule has 2 aromatic carbocycles. The Morgan fingerprint density at radius 1 is 1.00 bits per heavy atom. The first-order valence-electron chi connectivity index (χ1n) is 9.49. The Balaban J connectivity index is 1.38. The number of nitrogens with zero attached hydrogens (tertiary/aromatic N) is 3. The smallest absolute Gasteiger partial charge is 0.408 e. The number of carbonyl (C=O) groups excluding carboxylic acids is 1. The van der Waals surface area contributed by atoms with E-state index in [1.807, 2.05) is 0 Å². The monoisotopic (exact) mass is 493 g/mol. The number of fused-ring (bicyclic) bond motifs is 1. The Hall–Kier alpha value is -2.43. The molecule has 30 heavy (non-hydrogen) atoms. The zero-order valence-electron chi connectivity index (χ0n) is 16.0. The molecule has 4 rings (SSSR count). The highest BCUT2D eigenvalue weighted by Gasteiger charge is 2.31. The fraction of sp³-hybridized carbons (Fsp3) is 0.300. The fourth-order valence-corrected chi connectivity index (χ4v) is 5.95. The number of para-hydroxylation sites is 2. The Morgan fingerprint density at radius 2 is 1.67 bits per heavy atom. The number of hydrogen-bond acceptors (Lipinski definition) is 5. The van der Waals surface area contributed by atoms with Gasteiger partial charge < -0.3 is 9.32 Å². The summed E-state index contributed by atoms with van der Waals surface area (Å²) in [6.07, 6.45) is 0.139. The van der Waals surface area contributed by atoms with Gasteiger partial charge in [0.05, 0.1) is 10.4 Å². The van der Waals surface area contributed by atoms with Gasteiger partial charge in [0.2, 0.25) is 15.9 Å². The molecular formula is C20H20BrN3O5S. The summed E-state index contributed by atoms with van der Waals surface area (Å²) in [5.41, 5.74) is 1.14. The highest BCUT2D eigenvalue weighted by Crippen LogP contribution is 2.25. The summed E-state index contributed by atoms with van der Waals surface area (Å²) < 4.78 is 34.3. The topological polar surface area (TPSA) is 92.8 Å². The van der Waals surface area contributed by atoms with Crippen molar-refractivity contribution in [1.29, 1.82) is 0 Å². The van der Waals surface area contributed by atoms with Crippen LogP contribution in [-0.4, -0.2) is 54.3 Å². The summed E-state index contributed by atoms with van der Waals surface area (Å²) >= 11 is 3.29. The molecule has 0 saturated carbocycles. The van der Waals surface area contributed by atoms with Gasteiger partial charge in [-0.3, -0.25) is 9.36 Å².